The molecule has 150 valence electrons. The van der Waals surface area contributed by atoms with Gasteiger partial charge in [-0.3, -0.25) is 4.57 Å². The molecule has 0 bridgehead atoms. The first-order valence-electron chi connectivity index (χ1n) is 9.95. The molecular formula is C21H28N4O2S. The highest BCUT2D eigenvalue weighted by Gasteiger charge is 2.24. The van der Waals surface area contributed by atoms with E-state index in [1.54, 1.807) is 26.0 Å². The van der Waals surface area contributed by atoms with E-state index < -0.39 is 0 Å². The average molecular weight is 401 g/mol. The van der Waals surface area contributed by atoms with Gasteiger partial charge in [-0.2, -0.15) is 5.26 Å². The lowest BCUT2D eigenvalue weighted by Crippen LogP contribution is -2.15. The van der Waals surface area contributed by atoms with E-state index in [9.17, 15) is 0 Å². The fourth-order valence-electron chi connectivity index (χ4n) is 3.69. The molecule has 1 aliphatic rings. The van der Waals surface area contributed by atoms with Crippen LogP contribution < -0.4 is 9.47 Å². The zero-order valence-corrected chi connectivity index (χ0v) is 17.5. The number of hydrogen-bond donors (Lipinski definition) is 0. The second-order valence-electron chi connectivity index (χ2n) is 7.00. The molecule has 0 amide bonds. The van der Waals surface area contributed by atoms with Crippen molar-refractivity contribution in [3.63, 3.8) is 0 Å². The van der Waals surface area contributed by atoms with Crippen LogP contribution in [0, 0.1) is 11.3 Å². The lowest BCUT2D eigenvalue weighted by atomic mass is 9.95. The average Bonchev–Trinajstić information content (AvgIpc) is 3.17. The van der Waals surface area contributed by atoms with Gasteiger partial charge in [0.15, 0.2) is 22.5 Å². The molecule has 6 nitrogen and oxygen atoms in total. The summed E-state index contributed by atoms with van der Waals surface area (Å²) >= 11 is 1.75. The Balaban J connectivity index is 1.88. The summed E-state index contributed by atoms with van der Waals surface area (Å²) in [5.74, 6) is 3.26. The van der Waals surface area contributed by atoms with Crippen molar-refractivity contribution in [1.82, 2.24) is 14.8 Å². The molecule has 28 heavy (non-hydrogen) atoms. The van der Waals surface area contributed by atoms with Crippen molar-refractivity contribution >= 4 is 11.8 Å². The number of hydrogen-bond acceptors (Lipinski definition) is 6. The Labute approximate surface area is 171 Å². The second-order valence-corrected chi connectivity index (χ2v) is 8.06. The summed E-state index contributed by atoms with van der Waals surface area (Å²) in [4.78, 5) is 0. The minimum atomic E-state index is 0.438. The van der Waals surface area contributed by atoms with Crippen LogP contribution in [-0.2, 0) is 0 Å². The zero-order chi connectivity index (χ0) is 19.8. The number of rotatable bonds is 9. The van der Waals surface area contributed by atoms with Crippen LogP contribution in [-0.4, -0.2) is 34.7 Å². The lowest BCUT2D eigenvalue weighted by molar-refractivity contribution is 0.339. The summed E-state index contributed by atoms with van der Waals surface area (Å²) in [6.07, 6.45) is 8.71. The van der Waals surface area contributed by atoms with Crippen molar-refractivity contribution < 1.29 is 9.47 Å². The maximum Gasteiger partial charge on any atom is 0.191 e. The fourth-order valence-corrected chi connectivity index (χ4v) is 4.69. The first kappa shape index (κ1) is 20.5. The Kier molecular flexibility index (Phi) is 7.61. The molecule has 1 fully saturated rings. The zero-order valence-electron chi connectivity index (χ0n) is 16.7. The van der Waals surface area contributed by atoms with Crippen molar-refractivity contribution in [3.8, 4) is 29.0 Å². The summed E-state index contributed by atoms with van der Waals surface area (Å²) in [6.45, 7) is 0. The predicted molar refractivity (Wildman–Crippen MR) is 111 cm³/mol. The quantitative estimate of drug-likeness (QED) is 0.423. The Bertz CT molecular complexity index is 809. The van der Waals surface area contributed by atoms with Crippen molar-refractivity contribution in [1.29, 1.82) is 5.26 Å². The van der Waals surface area contributed by atoms with E-state index in [1.165, 1.54) is 32.1 Å². The molecule has 0 N–H and O–H groups in total. The topological polar surface area (TPSA) is 73.0 Å². The highest BCUT2D eigenvalue weighted by molar-refractivity contribution is 7.99. The van der Waals surface area contributed by atoms with E-state index >= 15 is 0 Å². The Morgan fingerprint density at radius 3 is 2.61 bits per heavy atom. The van der Waals surface area contributed by atoms with Crippen LogP contribution in [0.3, 0.4) is 0 Å². The van der Waals surface area contributed by atoms with E-state index in [0.29, 0.717) is 24.0 Å². The first-order valence-corrected chi connectivity index (χ1v) is 10.9. The van der Waals surface area contributed by atoms with Crippen LogP contribution in [0.2, 0.25) is 0 Å². The van der Waals surface area contributed by atoms with Gasteiger partial charge in [0.05, 0.1) is 20.3 Å². The summed E-state index contributed by atoms with van der Waals surface area (Å²) in [5.41, 5.74) is 0.993. The third-order valence-electron chi connectivity index (χ3n) is 5.16. The fraction of sp³-hybridized carbons (Fsp3) is 0.571. The summed E-state index contributed by atoms with van der Waals surface area (Å²) in [6, 6.07) is 8.56. The third-order valence-corrected chi connectivity index (χ3v) is 6.19. The molecule has 3 rings (SSSR count). The monoisotopic (exact) mass is 400 g/mol. The molecule has 1 aromatic carbocycles. The minimum Gasteiger partial charge on any atom is -0.493 e. The Morgan fingerprint density at radius 2 is 1.89 bits per heavy atom. The molecule has 0 aliphatic heterocycles. The van der Waals surface area contributed by atoms with Gasteiger partial charge in [0.2, 0.25) is 0 Å². The molecule has 2 aromatic rings. The number of aromatic nitrogens is 3. The molecule has 0 radical (unpaired) electrons. The molecule has 0 atom stereocenters. The van der Waals surface area contributed by atoms with Crippen LogP contribution in [0.1, 0.15) is 57.4 Å². The summed E-state index contributed by atoms with van der Waals surface area (Å²) in [5, 5.41) is 18.8. The number of nitriles is 1. The van der Waals surface area contributed by atoms with Crippen LogP contribution in [0.5, 0.6) is 11.5 Å². The van der Waals surface area contributed by atoms with Gasteiger partial charge in [-0.05, 0) is 43.9 Å². The first-order chi connectivity index (χ1) is 13.8. The van der Waals surface area contributed by atoms with Crippen LogP contribution >= 0.6 is 11.8 Å². The van der Waals surface area contributed by atoms with Crippen molar-refractivity contribution in [2.45, 2.75) is 62.6 Å². The van der Waals surface area contributed by atoms with Gasteiger partial charge in [-0.25, -0.2) is 0 Å². The molecule has 1 heterocycles. The van der Waals surface area contributed by atoms with E-state index in [2.05, 4.69) is 20.8 Å². The van der Waals surface area contributed by atoms with Gasteiger partial charge < -0.3 is 9.47 Å². The maximum atomic E-state index is 8.70. The number of unbranched alkanes of at least 4 members (excludes halogenated alkanes) is 2. The Hall–Kier alpha value is -2.20. The van der Waals surface area contributed by atoms with Gasteiger partial charge in [0.1, 0.15) is 0 Å². The second kappa shape index (κ2) is 10.4. The molecule has 0 unspecified atom stereocenters. The van der Waals surface area contributed by atoms with Gasteiger partial charge in [-0.1, -0.05) is 31.0 Å². The number of ether oxygens (including phenoxy) is 2. The normalized spacial score (nSPS) is 14.6. The van der Waals surface area contributed by atoms with E-state index in [4.69, 9.17) is 14.7 Å². The number of thioether (sulfide) groups is 1. The molecule has 1 saturated carbocycles. The lowest BCUT2D eigenvalue weighted by Gasteiger charge is -2.25. The van der Waals surface area contributed by atoms with Crippen molar-refractivity contribution in [3.05, 3.63) is 18.2 Å². The van der Waals surface area contributed by atoms with E-state index in [0.717, 1.165) is 35.1 Å². The van der Waals surface area contributed by atoms with Crippen LogP contribution in [0.25, 0.3) is 11.4 Å². The third kappa shape index (κ3) is 4.79. The van der Waals surface area contributed by atoms with Crippen molar-refractivity contribution in [2.24, 2.45) is 0 Å². The highest BCUT2D eigenvalue weighted by Crippen LogP contribution is 2.38. The minimum absolute atomic E-state index is 0.438. The molecule has 0 saturated heterocycles. The van der Waals surface area contributed by atoms with Crippen LogP contribution in [0.4, 0.5) is 0 Å². The molecule has 7 heteroatoms. The van der Waals surface area contributed by atoms with E-state index in [-0.39, 0.29) is 0 Å². The SMILES string of the molecule is COc1ccc(-c2nnc(SCCCCC#N)n2C2CCCCC2)cc1OC. The standard InChI is InChI=1S/C21H28N4O2S/c1-26-18-12-11-16(15-19(18)27-2)20-23-24-21(28-14-8-4-7-13-22)25(20)17-9-5-3-6-10-17/h11-12,15,17H,3-10,14H2,1-2H3. The number of benzene rings is 1. The Morgan fingerprint density at radius 1 is 1.11 bits per heavy atom. The van der Waals surface area contributed by atoms with Gasteiger partial charge in [0, 0.05) is 23.8 Å². The highest BCUT2D eigenvalue weighted by atomic mass is 32.2. The maximum absolute atomic E-state index is 8.70. The van der Waals surface area contributed by atoms with Crippen LogP contribution in [0.15, 0.2) is 23.4 Å². The number of methoxy groups -OCH3 is 2. The smallest absolute Gasteiger partial charge is 0.191 e. The van der Waals surface area contributed by atoms with E-state index in [1.807, 2.05) is 18.2 Å². The van der Waals surface area contributed by atoms with Gasteiger partial charge in [0.25, 0.3) is 0 Å². The summed E-state index contributed by atoms with van der Waals surface area (Å²) in [7, 11) is 3.29. The van der Waals surface area contributed by atoms with Gasteiger partial charge in [-0.15, -0.1) is 10.2 Å². The largest absolute Gasteiger partial charge is 0.493 e. The summed E-state index contributed by atoms with van der Waals surface area (Å²) < 4.78 is 13.2. The van der Waals surface area contributed by atoms with Crippen molar-refractivity contribution in [2.75, 3.05) is 20.0 Å². The molecule has 0 spiro atoms. The molecule has 1 aromatic heterocycles. The van der Waals surface area contributed by atoms with Gasteiger partial charge >= 0.3 is 0 Å². The predicted octanol–water partition coefficient (Wildman–Crippen LogP) is 5.25. The molecular weight excluding hydrogens is 372 g/mol. The molecule has 1 aliphatic carbocycles. The number of nitrogens with zero attached hydrogens (tertiary/aromatic N) is 4.